The minimum atomic E-state index is 0.678. The number of nitrogens with zero attached hydrogens (tertiary/aromatic N) is 1. The van der Waals surface area contributed by atoms with Crippen LogP contribution in [0.3, 0.4) is 0 Å². The quantitative estimate of drug-likeness (QED) is 0.649. The van der Waals surface area contributed by atoms with Gasteiger partial charge in [0.1, 0.15) is 0 Å². The van der Waals surface area contributed by atoms with Crippen molar-refractivity contribution in [2.75, 3.05) is 5.32 Å². The maximum Gasteiger partial charge on any atom is 0.211 e. The molecule has 0 aliphatic carbocycles. The first-order chi connectivity index (χ1) is 8.38. The molecular formula is C13H12N2OS. The summed E-state index contributed by atoms with van der Waals surface area (Å²) in [6, 6.07) is 11.8. The molecule has 1 amide bonds. The van der Waals surface area contributed by atoms with Gasteiger partial charge in [-0.05, 0) is 35.9 Å². The van der Waals surface area contributed by atoms with E-state index >= 15 is 0 Å². The number of pyridine rings is 1. The average molecular weight is 244 g/mol. The van der Waals surface area contributed by atoms with Gasteiger partial charge in [0.05, 0.1) is 0 Å². The number of hydrogen-bond acceptors (Lipinski definition) is 3. The third-order valence-corrected chi connectivity index (χ3v) is 3.29. The Labute approximate surface area is 104 Å². The monoisotopic (exact) mass is 244 g/mol. The molecule has 1 heterocycles. The Morgan fingerprint density at radius 2 is 2.06 bits per heavy atom. The van der Waals surface area contributed by atoms with E-state index in [9.17, 15) is 4.79 Å². The largest absolute Gasteiger partial charge is 0.329 e. The summed E-state index contributed by atoms with van der Waals surface area (Å²) >= 11 is 1.74. The molecular weight excluding hydrogens is 232 g/mol. The summed E-state index contributed by atoms with van der Waals surface area (Å²) in [7, 11) is 0. The van der Waals surface area contributed by atoms with E-state index < -0.39 is 0 Å². The molecule has 1 aromatic carbocycles. The second kappa shape index (κ2) is 6.06. The average Bonchev–Trinajstić information content (AvgIpc) is 2.40. The highest BCUT2D eigenvalue weighted by molar-refractivity contribution is 7.98. The van der Waals surface area contributed by atoms with Crippen LogP contribution in [0.5, 0.6) is 0 Å². The van der Waals surface area contributed by atoms with Crippen molar-refractivity contribution >= 4 is 23.9 Å². The Morgan fingerprint density at radius 1 is 1.24 bits per heavy atom. The molecule has 3 nitrogen and oxygen atoms in total. The van der Waals surface area contributed by atoms with Crippen LogP contribution in [-0.2, 0) is 10.5 Å². The first-order valence-corrected chi connectivity index (χ1v) is 6.19. The second-order valence-corrected chi connectivity index (χ2v) is 4.49. The van der Waals surface area contributed by atoms with Gasteiger partial charge in [-0.3, -0.25) is 9.78 Å². The zero-order valence-corrected chi connectivity index (χ0v) is 9.98. The van der Waals surface area contributed by atoms with Gasteiger partial charge in [0.2, 0.25) is 6.41 Å². The summed E-state index contributed by atoms with van der Waals surface area (Å²) in [4.78, 5) is 15.5. The van der Waals surface area contributed by atoms with Crippen LogP contribution < -0.4 is 5.32 Å². The van der Waals surface area contributed by atoms with Crippen LogP contribution in [0.15, 0.2) is 53.7 Å². The van der Waals surface area contributed by atoms with Gasteiger partial charge >= 0.3 is 0 Å². The minimum Gasteiger partial charge on any atom is -0.329 e. The molecule has 0 saturated carbocycles. The number of nitrogens with one attached hydrogen (secondary N) is 1. The fourth-order valence-electron chi connectivity index (χ4n) is 1.37. The van der Waals surface area contributed by atoms with E-state index in [-0.39, 0.29) is 0 Å². The van der Waals surface area contributed by atoms with E-state index in [1.807, 2.05) is 36.5 Å². The molecule has 0 spiro atoms. The third-order valence-electron chi connectivity index (χ3n) is 2.21. The number of anilines is 1. The van der Waals surface area contributed by atoms with Crippen molar-refractivity contribution in [3.8, 4) is 0 Å². The van der Waals surface area contributed by atoms with Gasteiger partial charge in [-0.15, -0.1) is 11.8 Å². The molecule has 17 heavy (non-hydrogen) atoms. The lowest BCUT2D eigenvalue weighted by Gasteiger charge is -2.03. The van der Waals surface area contributed by atoms with E-state index in [0.29, 0.717) is 6.41 Å². The van der Waals surface area contributed by atoms with Crippen LogP contribution in [0.2, 0.25) is 0 Å². The lowest BCUT2D eigenvalue weighted by atomic mass is 10.3. The Kier molecular flexibility index (Phi) is 4.16. The summed E-state index contributed by atoms with van der Waals surface area (Å²) in [5, 5.41) is 2.61. The zero-order valence-electron chi connectivity index (χ0n) is 9.17. The Hall–Kier alpha value is -1.81. The summed E-state index contributed by atoms with van der Waals surface area (Å²) in [6.45, 7) is 0. The molecule has 0 aliphatic rings. The van der Waals surface area contributed by atoms with E-state index in [4.69, 9.17) is 0 Å². The molecule has 0 fully saturated rings. The Morgan fingerprint density at radius 3 is 2.71 bits per heavy atom. The molecule has 1 N–H and O–H groups in total. The van der Waals surface area contributed by atoms with Crippen LogP contribution in [0.1, 0.15) is 5.56 Å². The summed E-state index contributed by atoms with van der Waals surface area (Å²) < 4.78 is 0. The van der Waals surface area contributed by atoms with Gasteiger partial charge in [-0.25, -0.2) is 0 Å². The lowest BCUT2D eigenvalue weighted by Crippen LogP contribution is -1.92. The first-order valence-electron chi connectivity index (χ1n) is 5.20. The maximum atomic E-state index is 10.2. The second-order valence-electron chi connectivity index (χ2n) is 3.44. The predicted octanol–water partition coefficient (Wildman–Crippen LogP) is 2.94. The van der Waals surface area contributed by atoms with Crippen molar-refractivity contribution in [1.82, 2.24) is 4.98 Å². The molecule has 0 unspecified atom stereocenters. The van der Waals surface area contributed by atoms with Gasteiger partial charge in [0, 0.05) is 28.7 Å². The number of rotatable bonds is 5. The van der Waals surface area contributed by atoms with E-state index in [0.717, 1.165) is 11.4 Å². The maximum absolute atomic E-state index is 10.2. The third kappa shape index (κ3) is 3.60. The molecule has 86 valence electrons. The van der Waals surface area contributed by atoms with E-state index in [1.165, 1.54) is 10.5 Å². The SMILES string of the molecule is O=CNc1ccc(SCc2cccnc2)cc1. The van der Waals surface area contributed by atoms with Gasteiger partial charge in [0.15, 0.2) is 0 Å². The Bertz CT molecular complexity index is 471. The first kappa shape index (κ1) is 11.7. The standard InChI is InChI=1S/C13H12N2OS/c16-10-15-12-3-5-13(6-4-12)17-9-11-2-1-7-14-8-11/h1-8,10H,9H2,(H,15,16). The fourth-order valence-corrected chi connectivity index (χ4v) is 2.20. The van der Waals surface area contributed by atoms with Crippen LogP contribution in [0, 0.1) is 0 Å². The highest BCUT2D eigenvalue weighted by atomic mass is 32.2. The van der Waals surface area contributed by atoms with Crippen molar-refractivity contribution in [3.63, 3.8) is 0 Å². The molecule has 0 atom stereocenters. The number of hydrogen-bond donors (Lipinski definition) is 1. The number of aromatic nitrogens is 1. The molecule has 0 aliphatic heterocycles. The highest BCUT2D eigenvalue weighted by Gasteiger charge is 1.96. The number of carbonyl (C=O) groups excluding carboxylic acids is 1. The molecule has 0 saturated heterocycles. The van der Waals surface area contributed by atoms with Crippen molar-refractivity contribution in [3.05, 3.63) is 54.4 Å². The number of carbonyl (C=O) groups is 1. The molecule has 4 heteroatoms. The molecule has 0 radical (unpaired) electrons. The highest BCUT2D eigenvalue weighted by Crippen LogP contribution is 2.23. The fraction of sp³-hybridized carbons (Fsp3) is 0.0769. The van der Waals surface area contributed by atoms with Crippen LogP contribution in [-0.4, -0.2) is 11.4 Å². The molecule has 2 aromatic rings. The lowest BCUT2D eigenvalue weighted by molar-refractivity contribution is -0.105. The number of amides is 1. The molecule has 2 rings (SSSR count). The van der Waals surface area contributed by atoms with Gasteiger partial charge in [0.25, 0.3) is 0 Å². The van der Waals surface area contributed by atoms with Crippen LogP contribution in [0.4, 0.5) is 5.69 Å². The van der Waals surface area contributed by atoms with Gasteiger partial charge in [-0.1, -0.05) is 6.07 Å². The summed E-state index contributed by atoms with van der Waals surface area (Å²) in [6.07, 6.45) is 4.32. The number of thioether (sulfide) groups is 1. The van der Waals surface area contributed by atoms with E-state index in [1.54, 1.807) is 18.0 Å². The van der Waals surface area contributed by atoms with Crippen molar-refractivity contribution in [2.24, 2.45) is 0 Å². The molecule has 1 aromatic heterocycles. The van der Waals surface area contributed by atoms with Crippen molar-refractivity contribution in [2.45, 2.75) is 10.6 Å². The summed E-state index contributed by atoms with van der Waals surface area (Å²) in [5.74, 6) is 0.897. The summed E-state index contributed by atoms with van der Waals surface area (Å²) in [5.41, 5.74) is 2.01. The Balaban J connectivity index is 1.93. The van der Waals surface area contributed by atoms with Gasteiger partial charge in [-0.2, -0.15) is 0 Å². The van der Waals surface area contributed by atoms with Crippen LogP contribution in [0.25, 0.3) is 0 Å². The normalized spacial score (nSPS) is 9.88. The van der Waals surface area contributed by atoms with Crippen molar-refractivity contribution in [1.29, 1.82) is 0 Å². The molecule has 0 bridgehead atoms. The zero-order chi connectivity index (χ0) is 11.9. The topological polar surface area (TPSA) is 42.0 Å². The van der Waals surface area contributed by atoms with Crippen molar-refractivity contribution < 1.29 is 4.79 Å². The van der Waals surface area contributed by atoms with Gasteiger partial charge < -0.3 is 5.32 Å². The number of benzene rings is 1. The van der Waals surface area contributed by atoms with E-state index in [2.05, 4.69) is 16.4 Å². The predicted molar refractivity (Wildman–Crippen MR) is 69.9 cm³/mol. The van der Waals surface area contributed by atoms with Crippen LogP contribution >= 0.6 is 11.8 Å². The minimum absolute atomic E-state index is 0.678. The smallest absolute Gasteiger partial charge is 0.211 e.